The summed E-state index contributed by atoms with van der Waals surface area (Å²) in [7, 11) is 1.66. The summed E-state index contributed by atoms with van der Waals surface area (Å²) in [6, 6.07) is 8.33. The molecule has 3 rings (SSSR count). The lowest BCUT2D eigenvalue weighted by atomic mass is 9.90. The summed E-state index contributed by atoms with van der Waals surface area (Å²) >= 11 is 0. The Hall–Kier alpha value is -2.38. The normalized spacial score (nSPS) is 20.0. The van der Waals surface area contributed by atoms with Crippen molar-refractivity contribution in [1.82, 2.24) is 14.5 Å². The van der Waals surface area contributed by atoms with Crippen molar-refractivity contribution < 1.29 is 4.74 Å². The molecule has 0 spiro atoms. The highest BCUT2D eigenvalue weighted by atomic mass is 16.5. The molecule has 0 saturated heterocycles. The zero-order valence-corrected chi connectivity index (χ0v) is 16.1. The molecule has 0 radical (unpaired) electrons. The molecule has 7 heteroatoms. The van der Waals surface area contributed by atoms with Crippen LogP contribution in [0.3, 0.4) is 0 Å². The second kappa shape index (κ2) is 8.54. The fourth-order valence-corrected chi connectivity index (χ4v) is 3.81. The first-order chi connectivity index (χ1) is 13.0. The van der Waals surface area contributed by atoms with E-state index in [4.69, 9.17) is 16.2 Å². The Balaban J connectivity index is 1.82. The second-order valence-corrected chi connectivity index (χ2v) is 7.13. The van der Waals surface area contributed by atoms with Crippen LogP contribution in [0.1, 0.15) is 38.2 Å². The average Bonchev–Trinajstić information content (AvgIpc) is 2.67. The van der Waals surface area contributed by atoms with Gasteiger partial charge in [-0.1, -0.05) is 13.0 Å². The van der Waals surface area contributed by atoms with E-state index < -0.39 is 5.69 Å². The number of rotatable bonds is 6. The Morgan fingerprint density at radius 3 is 2.63 bits per heavy atom. The molecule has 1 saturated carbocycles. The number of benzene rings is 1. The number of aromatic nitrogens is 2. The van der Waals surface area contributed by atoms with E-state index >= 15 is 0 Å². The maximum Gasteiger partial charge on any atom is 0.354 e. The van der Waals surface area contributed by atoms with E-state index in [9.17, 15) is 4.79 Å². The van der Waals surface area contributed by atoms with Gasteiger partial charge in [-0.05, 0) is 44.4 Å². The highest BCUT2D eigenvalue weighted by Gasteiger charge is 2.24. The van der Waals surface area contributed by atoms with E-state index in [0.717, 1.165) is 50.1 Å². The van der Waals surface area contributed by atoms with Crippen LogP contribution in [0.15, 0.2) is 35.3 Å². The smallest absolute Gasteiger partial charge is 0.354 e. The van der Waals surface area contributed by atoms with Gasteiger partial charge in [-0.3, -0.25) is 9.47 Å². The molecule has 1 heterocycles. The van der Waals surface area contributed by atoms with Gasteiger partial charge in [-0.2, -0.15) is 4.98 Å². The summed E-state index contributed by atoms with van der Waals surface area (Å²) in [6.45, 7) is 3.98. The zero-order chi connectivity index (χ0) is 19.4. The van der Waals surface area contributed by atoms with Gasteiger partial charge in [0, 0.05) is 36.5 Å². The van der Waals surface area contributed by atoms with Crippen molar-refractivity contribution in [3.8, 4) is 11.4 Å². The van der Waals surface area contributed by atoms with Crippen LogP contribution in [0, 0.1) is 0 Å². The van der Waals surface area contributed by atoms with Gasteiger partial charge in [0.15, 0.2) is 0 Å². The number of nitrogen functional groups attached to an aromatic ring is 1. The summed E-state index contributed by atoms with van der Waals surface area (Å²) in [5, 5.41) is 0. The molecule has 146 valence electrons. The van der Waals surface area contributed by atoms with Crippen LogP contribution in [0.4, 0.5) is 5.82 Å². The van der Waals surface area contributed by atoms with E-state index in [0.29, 0.717) is 17.8 Å². The molecule has 1 aromatic heterocycles. The molecule has 27 heavy (non-hydrogen) atoms. The standard InChI is InChI=1S/C20H29N5O2/c1-3-24(16-8-5-15(21)6-9-16)13-14-4-7-17(12-18(14)27-2)25-11-10-19(22)23-20(25)26/h4,7,10-12,15-16H,3,5-6,8-9,13,21H2,1-2H3,(H2,22,23,26). The molecular formula is C20H29N5O2. The second-order valence-electron chi connectivity index (χ2n) is 7.13. The van der Waals surface area contributed by atoms with Gasteiger partial charge in [0.2, 0.25) is 0 Å². The predicted octanol–water partition coefficient (Wildman–Crippen LogP) is 1.92. The van der Waals surface area contributed by atoms with Gasteiger partial charge in [0.25, 0.3) is 0 Å². The highest BCUT2D eigenvalue weighted by Crippen LogP contribution is 2.27. The monoisotopic (exact) mass is 371 g/mol. The number of hydrogen-bond acceptors (Lipinski definition) is 6. The minimum absolute atomic E-state index is 0.214. The summed E-state index contributed by atoms with van der Waals surface area (Å²) in [5.74, 6) is 0.979. The van der Waals surface area contributed by atoms with Crippen molar-refractivity contribution in [1.29, 1.82) is 0 Å². The van der Waals surface area contributed by atoms with Crippen molar-refractivity contribution in [2.75, 3.05) is 19.4 Å². The van der Waals surface area contributed by atoms with Crippen LogP contribution in [0.2, 0.25) is 0 Å². The van der Waals surface area contributed by atoms with Crippen LogP contribution in [-0.2, 0) is 6.54 Å². The quantitative estimate of drug-likeness (QED) is 0.805. The van der Waals surface area contributed by atoms with E-state index in [1.165, 1.54) is 4.57 Å². The lowest BCUT2D eigenvalue weighted by molar-refractivity contribution is 0.148. The molecule has 0 unspecified atom stereocenters. The number of methoxy groups -OCH3 is 1. The Kier molecular flexibility index (Phi) is 6.13. The van der Waals surface area contributed by atoms with Crippen LogP contribution in [-0.4, -0.2) is 40.2 Å². The van der Waals surface area contributed by atoms with Crippen LogP contribution >= 0.6 is 0 Å². The van der Waals surface area contributed by atoms with Gasteiger partial charge in [-0.25, -0.2) is 4.79 Å². The van der Waals surface area contributed by atoms with Gasteiger partial charge in [0.1, 0.15) is 11.6 Å². The molecule has 1 fully saturated rings. The maximum atomic E-state index is 12.1. The van der Waals surface area contributed by atoms with E-state index in [2.05, 4.69) is 16.8 Å². The van der Waals surface area contributed by atoms with Crippen molar-refractivity contribution in [3.63, 3.8) is 0 Å². The molecule has 1 aliphatic carbocycles. The summed E-state index contributed by atoms with van der Waals surface area (Å²) in [5.41, 5.74) is 13.0. The Morgan fingerprint density at radius 2 is 2.00 bits per heavy atom. The van der Waals surface area contributed by atoms with Crippen LogP contribution < -0.4 is 21.9 Å². The summed E-state index contributed by atoms with van der Waals surface area (Å²) < 4.78 is 7.07. The maximum absolute atomic E-state index is 12.1. The Bertz CT molecular complexity index is 827. The third-order valence-electron chi connectivity index (χ3n) is 5.41. The topological polar surface area (TPSA) is 99.4 Å². The Labute approximate surface area is 159 Å². The van der Waals surface area contributed by atoms with Crippen molar-refractivity contribution >= 4 is 5.82 Å². The Morgan fingerprint density at radius 1 is 1.26 bits per heavy atom. The van der Waals surface area contributed by atoms with Crippen molar-refractivity contribution in [2.45, 2.75) is 51.2 Å². The SMILES string of the molecule is CCN(Cc1ccc(-n2ccc(N)nc2=O)cc1OC)C1CCC(N)CC1. The molecule has 0 amide bonds. The lowest BCUT2D eigenvalue weighted by Gasteiger charge is -2.35. The van der Waals surface area contributed by atoms with Gasteiger partial charge < -0.3 is 16.2 Å². The third kappa shape index (κ3) is 4.48. The highest BCUT2D eigenvalue weighted by molar-refractivity contribution is 5.45. The first kappa shape index (κ1) is 19.4. The lowest BCUT2D eigenvalue weighted by Crippen LogP contribution is -2.40. The minimum atomic E-state index is -0.404. The van der Waals surface area contributed by atoms with Crippen molar-refractivity contribution in [2.24, 2.45) is 5.73 Å². The third-order valence-corrected chi connectivity index (χ3v) is 5.41. The molecule has 4 N–H and O–H groups in total. The number of hydrogen-bond donors (Lipinski definition) is 2. The van der Waals surface area contributed by atoms with E-state index in [1.807, 2.05) is 18.2 Å². The largest absolute Gasteiger partial charge is 0.496 e. The van der Waals surface area contributed by atoms with Crippen molar-refractivity contribution in [3.05, 3.63) is 46.5 Å². The van der Waals surface area contributed by atoms with Crippen LogP contribution in [0.5, 0.6) is 5.75 Å². The molecule has 2 aromatic rings. The van der Waals surface area contributed by atoms with Gasteiger partial charge >= 0.3 is 5.69 Å². The molecule has 0 aliphatic heterocycles. The number of ether oxygens (including phenoxy) is 1. The van der Waals surface area contributed by atoms with Crippen LogP contribution in [0.25, 0.3) is 5.69 Å². The van der Waals surface area contributed by atoms with Gasteiger partial charge in [-0.15, -0.1) is 0 Å². The van der Waals surface area contributed by atoms with E-state index in [1.54, 1.807) is 19.4 Å². The molecule has 1 aliphatic rings. The zero-order valence-electron chi connectivity index (χ0n) is 16.1. The number of anilines is 1. The first-order valence-corrected chi connectivity index (χ1v) is 9.54. The molecule has 0 bridgehead atoms. The summed E-state index contributed by atoms with van der Waals surface area (Å²) in [4.78, 5) is 18.4. The minimum Gasteiger partial charge on any atom is -0.496 e. The average molecular weight is 371 g/mol. The van der Waals surface area contributed by atoms with Gasteiger partial charge in [0.05, 0.1) is 12.8 Å². The fraction of sp³-hybridized carbons (Fsp3) is 0.500. The van der Waals surface area contributed by atoms with E-state index in [-0.39, 0.29) is 5.82 Å². The number of nitrogens with two attached hydrogens (primary N) is 2. The first-order valence-electron chi connectivity index (χ1n) is 9.54. The molecule has 0 atom stereocenters. The predicted molar refractivity (Wildman–Crippen MR) is 107 cm³/mol. The molecule has 7 nitrogen and oxygen atoms in total. The number of nitrogens with zero attached hydrogens (tertiary/aromatic N) is 3. The molecule has 1 aromatic carbocycles. The molecular weight excluding hydrogens is 342 g/mol. The summed E-state index contributed by atoms with van der Waals surface area (Å²) in [6.07, 6.45) is 6.08. The fourth-order valence-electron chi connectivity index (χ4n) is 3.81.